The van der Waals surface area contributed by atoms with E-state index in [9.17, 15) is 0 Å². The van der Waals surface area contributed by atoms with Crippen LogP contribution in [0.1, 0.15) is 128 Å². The average molecular weight is 1300 g/mol. The van der Waals surface area contributed by atoms with Gasteiger partial charge in [0.15, 0.2) is 11.6 Å². The minimum atomic E-state index is -0.310. The summed E-state index contributed by atoms with van der Waals surface area (Å²) in [7, 11) is -0.306. The zero-order chi connectivity index (χ0) is 65.3. The molecule has 1 saturated heterocycles. The van der Waals surface area contributed by atoms with Crippen LogP contribution in [0.4, 0.5) is 0 Å². The standard InChI is InChI=1S/C40H32N2.C25H19BrN2.C21H25BO2.BH4/c1-39(2)32-16-10-8-14-29(32)30-23-22-28(24-34(30)39)25-18-20-26(21-19-25)36-35-37(31-15-9-11-17-33(31)40(35,3)4)42-38(41-36)27-12-6-5-7-13-27;1-25(2)20-11-7-6-10-19(20)23-21(25)22(16-12-14-18(26)15-13-16)27-24(28-23)17-8-4-3-5-9-17;1-19(2)17-10-8-7-9-15(17)16-12-11-14(13-18(16)19)22-23-20(3,4)21(5,6)24-22;/h5-24H,1-4H3;3-15H,1-2H3;7-13H,1-6H3;1H4/q;;;-1. The molecule has 0 N–H and O–H groups in total. The Morgan fingerprint density at radius 2 is 0.611 bits per heavy atom. The van der Waals surface area contributed by atoms with Crippen LogP contribution in [0.25, 0.3) is 101 Å². The molecule has 0 radical (unpaired) electrons. The summed E-state index contributed by atoms with van der Waals surface area (Å²) in [6.07, 6.45) is 0. The fraction of sp³-hybridized carbons (Fsp3) is 0.209. The number of benzene rings is 10. The van der Waals surface area contributed by atoms with E-state index in [-0.39, 0.29) is 48.4 Å². The molecule has 1 fully saturated rings. The molecule has 17 rings (SSSR count). The van der Waals surface area contributed by atoms with Gasteiger partial charge in [-0.2, -0.15) is 0 Å². The fourth-order valence-corrected chi connectivity index (χ4v) is 15.5. The van der Waals surface area contributed by atoms with Gasteiger partial charge in [-0.05, 0) is 118 Å². The molecular formula is C86H80B2BrN4O2-. The summed E-state index contributed by atoms with van der Waals surface area (Å²) in [5.41, 5.74) is 29.4. The first-order valence-corrected chi connectivity index (χ1v) is 33.7. The van der Waals surface area contributed by atoms with Crippen molar-refractivity contribution in [3.05, 3.63) is 292 Å². The lowest BCUT2D eigenvalue weighted by Gasteiger charge is -2.32. The van der Waals surface area contributed by atoms with Gasteiger partial charge in [-0.1, -0.05) is 304 Å². The molecule has 470 valence electrons. The van der Waals surface area contributed by atoms with E-state index >= 15 is 0 Å². The topological polar surface area (TPSA) is 70.0 Å². The van der Waals surface area contributed by atoms with Gasteiger partial charge in [0, 0.05) is 70.6 Å². The van der Waals surface area contributed by atoms with Crippen LogP contribution in [0.15, 0.2) is 247 Å². The summed E-state index contributed by atoms with van der Waals surface area (Å²) in [5, 5.41) is 0. The number of hydrogen-bond donors (Lipinski definition) is 0. The van der Waals surface area contributed by atoms with Crippen molar-refractivity contribution in [1.82, 2.24) is 19.9 Å². The predicted octanol–water partition coefficient (Wildman–Crippen LogP) is 19.8. The molecule has 0 bridgehead atoms. The SMILES string of the molecule is CC1(C)c2ccccc2-c2ccc(-c3ccc(-c4nc(-c5ccccc5)nc5c4C(C)(C)c4ccccc4-5)cc3)cc21.CC1(C)c2ccccc2-c2ccc(B3OC(C)(C)C(C)(C)O3)cc21.CC1(C)c2ccccc2-c2nc(-c3ccccc3)nc(-c3ccc(Br)cc3)c21.[BH4-]. The minimum absolute atomic E-state index is 0. The maximum atomic E-state index is 6.23. The predicted molar refractivity (Wildman–Crippen MR) is 403 cm³/mol. The van der Waals surface area contributed by atoms with Crippen LogP contribution in [0.5, 0.6) is 0 Å². The van der Waals surface area contributed by atoms with Gasteiger partial charge in [0.25, 0.3) is 0 Å². The van der Waals surface area contributed by atoms with Crippen LogP contribution in [0, 0.1) is 0 Å². The number of hydrogen-bond acceptors (Lipinski definition) is 6. The van der Waals surface area contributed by atoms with Gasteiger partial charge in [-0.3, -0.25) is 0 Å². The maximum absolute atomic E-state index is 6.23. The fourth-order valence-electron chi connectivity index (χ4n) is 15.2. The molecule has 2 aromatic heterocycles. The van der Waals surface area contributed by atoms with E-state index in [1.165, 1.54) is 89.0 Å². The zero-order valence-corrected chi connectivity index (χ0v) is 57.2. The van der Waals surface area contributed by atoms with E-state index in [1.54, 1.807) is 0 Å². The van der Waals surface area contributed by atoms with E-state index < -0.39 is 0 Å². The van der Waals surface area contributed by atoms with Crippen LogP contribution in [-0.4, -0.2) is 46.7 Å². The van der Waals surface area contributed by atoms with Crippen LogP contribution < -0.4 is 5.46 Å². The van der Waals surface area contributed by atoms with Crippen molar-refractivity contribution >= 4 is 36.9 Å². The molecule has 0 amide bonds. The Balaban J connectivity index is 0.000000128. The number of halogens is 1. The summed E-state index contributed by atoms with van der Waals surface area (Å²) in [5.74, 6) is 1.53. The lowest BCUT2D eigenvalue weighted by atomic mass is 9.74. The van der Waals surface area contributed by atoms with Crippen LogP contribution in [0.3, 0.4) is 0 Å². The summed E-state index contributed by atoms with van der Waals surface area (Å²) in [4.78, 5) is 20.5. The first-order valence-electron chi connectivity index (χ1n) is 32.9. The highest BCUT2D eigenvalue weighted by Gasteiger charge is 2.52. The van der Waals surface area contributed by atoms with Gasteiger partial charge in [-0.25, -0.2) is 19.9 Å². The summed E-state index contributed by atoms with van der Waals surface area (Å²) >= 11 is 3.54. The maximum Gasteiger partial charge on any atom is 0.494 e. The smallest absolute Gasteiger partial charge is 0.399 e. The number of nitrogens with zero attached hydrogens (tertiary/aromatic N) is 4. The molecular weight excluding hydrogens is 1220 g/mol. The summed E-state index contributed by atoms with van der Waals surface area (Å²) < 4.78 is 13.5. The number of rotatable bonds is 6. The van der Waals surface area contributed by atoms with Crippen LogP contribution in [0.2, 0.25) is 0 Å². The highest BCUT2D eigenvalue weighted by molar-refractivity contribution is 9.10. The molecule has 10 aromatic carbocycles. The van der Waals surface area contributed by atoms with Crippen molar-refractivity contribution in [3.8, 4) is 101 Å². The van der Waals surface area contributed by atoms with E-state index in [0.29, 0.717) is 0 Å². The first kappa shape index (κ1) is 63.3. The number of aromatic nitrogens is 4. The zero-order valence-electron chi connectivity index (χ0n) is 55.7. The molecule has 12 aromatic rings. The monoisotopic (exact) mass is 1300 g/mol. The van der Waals surface area contributed by atoms with Gasteiger partial charge in [0.2, 0.25) is 0 Å². The molecule has 0 saturated carbocycles. The molecule has 1 aliphatic heterocycles. The Labute approximate surface area is 571 Å². The van der Waals surface area contributed by atoms with Crippen LogP contribution in [-0.2, 0) is 31.0 Å². The van der Waals surface area contributed by atoms with Crippen molar-refractivity contribution < 1.29 is 9.31 Å². The van der Waals surface area contributed by atoms with E-state index in [0.717, 1.165) is 66.6 Å². The second kappa shape index (κ2) is 23.4. The van der Waals surface area contributed by atoms with Crippen molar-refractivity contribution in [2.75, 3.05) is 0 Å². The van der Waals surface area contributed by atoms with Crippen molar-refractivity contribution in [3.63, 3.8) is 0 Å². The highest BCUT2D eigenvalue weighted by Crippen LogP contribution is 2.55. The molecule has 9 heteroatoms. The van der Waals surface area contributed by atoms with Gasteiger partial charge >= 0.3 is 7.12 Å². The largest absolute Gasteiger partial charge is 0.494 e. The van der Waals surface area contributed by atoms with Crippen LogP contribution >= 0.6 is 15.9 Å². The molecule has 5 aliphatic rings. The Morgan fingerprint density at radius 1 is 0.284 bits per heavy atom. The third-order valence-corrected chi connectivity index (χ3v) is 21.7. The quantitative estimate of drug-likeness (QED) is 0.155. The molecule has 0 unspecified atom stereocenters. The Morgan fingerprint density at radius 3 is 1.05 bits per heavy atom. The van der Waals surface area contributed by atoms with Gasteiger partial charge < -0.3 is 9.31 Å². The third kappa shape index (κ3) is 10.5. The molecule has 0 atom stereocenters. The molecule has 95 heavy (non-hydrogen) atoms. The number of fused-ring (bicyclic) bond motifs is 12. The van der Waals surface area contributed by atoms with Gasteiger partial charge in [0.1, 0.15) is 0 Å². The Kier molecular flexibility index (Phi) is 15.6. The van der Waals surface area contributed by atoms with Crippen molar-refractivity contribution in [2.45, 2.75) is 116 Å². The van der Waals surface area contributed by atoms with Gasteiger partial charge in [0.05, 0.1) is 34.0 Å². The molecule has 4 aliphatic carbocycles. The summed E-state index contributed by atoms with van der Waals surface area (Å²) in [6, 6.07) is 86.3. The lowest BCUT2D eigenvalue weighted by molar-refractivity contribution is 0.00578. The molecule has 3 heterocycles. The van der Waals surface area contributed by atoms with Crippen molar-refractivity contribution in [1.29, 1.82) is 0 Å². The van der Waals surface area contributed by atoms with Crippen molar-refractivity contribution in [2.24, 2.45) is 0 Å². The molecule has 6 nitrogen and oxygen atoms in total. The van der Waals surface area contributed by atoms with E-state index in [2.05, 4.69) is 317 Å². The third-order valence-electron chi connectivity index (χ3n) is 21.2. The Bertz CT molecular complexity index is 4970. The van der Waals surface area contributed by atoms with Gasteiger partial charge in [-0.15, -0.1) is 0 Å². The summed E-state index contributed by atoms with van der Waals surface area (Å²) in [6.45, 7) is 26.8. The highest BCUT2D eigenvalue weighted by atomic mass is 79.9. The van der Waals surface area contributed by atoms with E-state index in [4.69, 9.17) is 29.2 Å². The average Bonchev–Trinajstić information content (AvgIpc) is 1.59. The second-order valence-electron chi connectivity index (χ2n) is 28.9. The Hall–Kier alpha value is -9.11. The minimum Gasteiger partial charge on any atom is -0.399 e. The second-order valence-corrected chi connectivity index (χ2v) is 29.8. The first-order chi connectivity index (χ1) is 45.0. The lowest BCUT2D eigenvalue weighted by Crippen LogP contribution is -2.41. The normalized spacial score (nSPS) is 16.4. The van der Waals surface area contributed by atoms with E-state index in [1.807, 2.05) is 24.3 Å². The molecule has 0 spiro atoms.